The van der Waals surface area contributed by atoms with Crippen molar-refractivity contribution in [1.29, 1.82) is 0 Å². The van der Waals surface area contributed by atoms with Crippen LogP contribution in [0.4, 0.5) is 4.79 Å². The Kier molecular flexibility index (Phi) is 2.76. The highest BCUT2D eigenvalue weighted by Gasteiger charge is 2.60. The van der Waals surface area contributed by atoms with E-state index in [1.807, 2.05) is 0 Å². The summed E-state index contributed by atoms with van der Waals surface area (Å²) in [5.74, 6) is 0. The molecule has 0 atom stereocenters. The lowest BCUT2D eigenvalue weighted by Gasteiger charge is -2.62. The summed E-state index contributed by atoms with van der Waals surface area (Å²) in [5.41, 5.74) is 6.05. The third-order valence-corrected chi connectivity index (χ3v) is 3.77. The Hall–Kier alpha value is -0.770. The SMILES string of the molecule is CN(C)C(=O)NC1C(C)(C)C(N)C1(C)C. The van der Waals surface area contributed by atoms with Gasteiger partial charge in [0.1, 0.15) is 0 Å². The van der Waals surface area contributed by atoms with Crippen molar-refractivity contribution in [2.24, 2.45) is 16.6 Å². The summed E-state index contributed by atoms with van der Waals surface area (Å²) < 4.78 is 0. The minimum atomic E-state index is -0.0481. The number of urea groups is 1. The Morgan fingerprint density at radius 2 is 1.60 bits per heavy atom. The molecule has 0 aromatic heterocycles. The highest BCUT2D eigenvalue weighted by atomic mass is 16.2. The van der Waals surface area contributed by atoms with E-state index in [1.165, 1.54) is 0 Å². The second-order valence-corrected chi connectivity index (χ2v) is 5.90. The van der Waals surface area contributed by atoms with Crippen molar-refractivity contribution in [3.8, 4) is 0 Å². The normalized spacial score (nSPS) is 31.7. The maximum atomic E-state index is 11.6. The summed E-state index contributed by atoms with van der Waals surface area (Å²) in [7, 11) is 3.49. The number of nitrogens with two attached hydrogens (primary N) is 1. The first-order chi connectivity index (χ1) is 6.61. The molecule has 0 unspecified atom stereocenters. The van der Waals surface area contributed by atoms with E-state index in [0.29, 0.717) is 0 Å². The van der Waals surface area contributed by atoms with Gasteiger partial charge in [0.2, 0.25) is 0 Å². The van der Waals surface area contributed by atoms with Gasteiger partial charge in [0.05, 0.1) is 0 Å². The molecule has 0 saturated heterocycles. The monoisotopic (exact) mass is 213 g/mol. The molecule has 0 spiro atoms. The third kappa shape index (κ3) is 1.71. The van der Waals surface area contributed by atoms with Gasteiger partial charge in [-0.2, -0.15) is 0 Å². The molecular formula is C11H23N3O. The Bertz CT molecular complexity index is 255. The van der Waals surface area contributed by atoms with Gasteiger partial charge in [0.25, 0.3) is 0 Å². The first-order valence-corrected chi connectivity index (χ1v) is 5.35. The highest BCUT2D eigenvalue weighted by molar-refractivity contribution is 5.74. The molecule has 1 rings (SSSR count). The fourth-order valence-electron chi connectivity index (χ4n) is 2.81. The van der Waals surface area contributed by atoms with Crippen LogP contribution < -0.4 is 11.1 Å². The molecular weight excluding hydrogens is 190 g/mol. The smallest absolute Gasteiger partial charge is 0.317 e. The van der Waals surface area contributed by atoms with E-state index in [4.69, 9.17) is 5.73 Å². The molecule has 15 heavy (non-hydrogen) atoms. The van der Waals surface area contributed by atoms with Gasteiger partial charge in [-0.15, -0.1) is 0 Å². The topological polar surface area (TPSA) is 58.4 Å². The molecule has 0 aliphatic heterocycles. The number of amides is 2. The maximum Gasteiger partial charge on any atom is 0.317 e. The van der Waals surface area contributed by atoms with Crippen molar-refractivity contribution in [3.05, 3.63) is 0 Å². The second-order valence-electron chi connectivity index (χ2n) is 5.90. The van der Waals surface area contributed by atoms with Crippen molar-refractivity contribution < 1.29 is 4.79 Å². The van der Waals surface area contributed by atoms with Crippen LogP contribution in [0.15, 0.2) is 0 Å². The Balaban J connectivity index is 2.74. The zero-order chi connectivity index (χ0) is 12.0. The molecule has 0 aromatic carbocycles. The number of hydrogen-bond acceptors (Lipinski definition) is 2. The lowest BCUT2D eigenvalue weighted by molar-refractivity contribution is -0.0657. The van der Waals surface area contributed by atoms with Gasteiger partial charge in [-0.1, -0.05) is 27.7 Å². The Morgan fingerprint density at radius 3 is 1.93 bits per heavy atom. The van der Waals surface area contributed by atoms with E-state index in [-0.39, 0.29) is 28.9 Å². The fourth-order valence-corrected chi connectivity index (χ4v) is 2.81. The molecule has 2 amide bonds. The molecule has 3 N–H and O–H groups in total. The lowest BCUT2D eigenvalue weighted by Crippen LogP contribution is -2.76. The highest BCUT2D eigenvalue weighted by Crippen LogP contribution is 2.52. The molecule has 1 saturated carbocycles. The fraction of sp³-hybridized carbons (Fsp3) is 0.909. The standard InChI is InChI=1S/C11H23N3O/c1-10(2)7(12)11(3,4)8(10)13-9(15)14(5)6/h7-8H,12H2,1-6H3,(H,13,15). The first kappa shape index (κ1) is 12.3. The molecule has 4 nitrogen and oxygen atoms in total. The van der Waals surface area contributed by atoms with Crippen molar-refractivity contribution in [2.75, 3.05) is 14.1 Å². The molecule has 0 radical (unpaired) electrons. The number of carbonyl (C=O) groups excluding carboxylic acids is 1. The summed E-state index contributed by atoms with van der Waals surface area (Å²) in [6, 6.07) is 0.209. The predicted octanol–water partition coefficient (Wildman–Crippen LogP) is 1.02. The quantitative estimate of drug-likeness (QED) is 0.683. The van der Waals surface area contributed by atoms with Crippen LogP contribution in [0.5, 0.6) is 0 Å². The third-order valence-electron chi connectivity index (χ3n) is 3.77. The van der Waals surface area contributed by atoms with Crippen molar-refractivity contribution in [1.82, 2.24) is 10.2 Å². The van der Waals surface area contributed by atoms with Gasteiger partial charge < -0.3 is 16.0 Å². The lowest BCUT2D eigenvalue weighted by atomic mass is 9.48. The second kappa shape index (κ2) is 3.37. The first-order valence-electron chi connectivity index (χ1n) is 5.35. The van der Waals surface area contributed by atoms with Crippen LogP contribution in [0.1, 0.15) is 27.7 Å². The van der Waals surface area contributed by atoms with Crippen LogP contribution in [-0.2, 0) is 0 Å². The van der Waals surface area contributed by atoms with Crippen LogP contribution in [0.25, 0.3) is 0 Å². The van der Waals surface area contributed by atoms with Crippen LogP contribution in [-0.4, -0.2) is 37.1 Å². The summed E-state index contributed by atoms with van der Waals surface area (Å²) in [5, 5.41) is 3.03. The molecule has 1 aliphatic carbocycles. The number of nitrogens with zero attached hydrogens (tertiary/aromatic N) is 1. The molecule has 1 fully saturated rings. The molecule has 1 aliphatic rings. The molecule has 88 valence electrons. The van der Waals surface area contributed by atoms with Gasteiger partial charge in [-0.3, -0.25) is 0 Å². The largest absolute Gasteiger partial charge is 0.334 e. The van der Waals surface area contributed by atoms with Crippen LogP contribution in [0, 0.1) is 10.8 Å². The van der Waals surface area contributed by atoms with E-state index >= 15 is 0 Å². The minimum absolute atomic E-state index is 0.0326. The van der Waals surface area contributed by atoms with E-state index < -0.39 is 0 Å². The minimum Gasteiger partial charge on any atom is -0.334 e. The average Bonchev–Trinajstić information content (AvgIpc) is 2.11. The van der Waals surface area contributed by atoms with E-state index in [0.717, 1.165) is 0 Å². The van der Waals surface area contributed by atoms with Crippen LogP contribution in [0.3, 0.4) is 0 Å². The maximum absolute atomic E-state index is 11.6. The predicted molar refractivity (Wildman–Crippen MR) is 61.5 cm³/mol. The van der Waals surface area contributed by atoms with Gasteiger partial charge >= 0.3 is 6.03 Å². The number of hydrogen-bond donors (Lipinski definition) is 2. The van der Waals surface area contributed by atoms with Crippen molar-refractivity contribution in [3.63, 3.8) is 0 Å². The summed E-state index contributed by atoms with van der Waals surface area (Å²) in [6.45, 7) is 8.40. The van der Waals surface area contributed by atoms with Gasteiger partial charge in [-0.05, 0) is 0 Å². The van der Waals surface area contributed by atoms with E-state index in [1.54, 1.807) is 19.0 Å². The summed E-state index contributed by atoms with van der Waals surface area (Å²) in [4.78, 5) is 13.2. The number of carbonyl (C=O) groups is 1. The van der Waals surface area contributed by atoms with E-state index in [2.05, 4.69) is 33.0 Å². The van der Waals surface area contributed by atoms with Gasteiger partial charge in [0.15, 0.2) is 0 Å². The van der Waals surface area contributed by atoms with Gasteiger partial charge in [0, 0.05) is 37.0 Å². The molecule has 4 heteroatoms. The van der Waals surface area contributed by atoms with E-state index in [9.17, 15) is 4.79 Å². The van der Waals surface area contributed by atoms with Crippen molar-refractivity contribution in [2.45, 2.75) is 39.8 Å². The van der Waals surface area contributed by atoms with Gasteiger partial charge in [-0.25, -0.2) is 4.79 Å². The average molecular weight is 213 g/mol. The van der Waals surface area contributed by atoms with Crippen LogP contribution in [0.2, 0.25) is 0 Å². The Morgan fingerprint density at radius 1 is 1.20 bits per heavy atom. The summed E-state index contributed by atoms with van der Waals surface area (Å²) >= 11 is 0. The zero-order valence-electron chi connectivity index (χ0n) is 10.6. The number of nitrogens with one attached hydrogen (secondary N) is 1. The Labute approximate surface area is 92.2 Å². The molecule has 0 bridgehead atoms. The number of rotatable bonds is 1. The molecule has 0 aromatic rings. The summed E-state index contributed by atoms with van der Waals surface area (Å²) in [6.07, 6.45) is 0. The van der Waals surface area contributed by atoms with Crippen molar-refractivity contribution >= 4 is 6.03 Å². The molecule has 0 heterocycles. The zero-order valence-corrected chi connectivity index (χ0v) is 10.6. The van der Waals surface area contributed by atoms with Crippen LogP contribution >= 0.6 is 0 Å².